The molecule has 8 heteroatoms. The highest BCUT2D eigenvalue weighted by Gasteiger charge is 2.18. The van der Waals surface area contributed by atoms with Gasteiger partial charge >= 0.3 is 5.97 Å². The Morgan fingerprint density at radius 3 is 2.60 bits per heavy atom. The number of nitrogens with zero attached hydrogens (tertiary/aromatic N) is 2. The number of anilines is 1. The van der Waals surface area contributed by atoms with Crippen LogP contribution in [0.2, 0.25) is 0 Å². The number of carbonyl (C=O) groups excluding carboxylic acids is 1. The van der Waals surface area contributed by atoms with Gasteiger partial charge in [-0.05, 0) is 25.0 Å². The van der Waals surface area contributed by atoms with Crippen LogP contribution in [-0.2, 0) is 4.79 Å². The molecule has 1 unspecified atom stereocenters. The number of ether oxygens (including phenoxy) is 1. The number of aromatic nitrogens is 2. The summed E-state index contributed by atoms with van der Waals surface area (Å²) < 4.78 is 19.0. The predicted molar refractivity (Wildman–Crippen MR) is 88.2 cm³/mol. The van der Waals surface area contributed by atoms with Crippen LogP contribution < -0.4 is 10.1 Å². The first-order valence-corrected chi connectivity index (χ1v) is 7.59. The minimum atomic E-state index is -1.21. The monoisotopic (exact) mass is 347 g/mol. The van der Waals surface area contributed by atoms with E-state index in [1.165, 1.54) is 31.6 Å². The van der Waals surface area contributed by atoms with Crippen molar-refractivity contribution in [3.63, 3.8) is 0 Å². The average Bonchev–Trinajstić information content (AvgIpc) is 2.57. The van der Waals surface area contributed by atoms with E-state index in [1.807, 2.05) is 13.8 Å². The third-order valence-electron chi connectivity index (χ3n) is 3.38. The Hall–Kier alpha value is -3.03. The molecule has 1 atom stereocenters. The van der Waals surface area contributed by atoms with E-state index in [-0.39, 0.29) is 17.4 Å². The second kappa shape index (κ2) is 7.69. The van der Waals surface area contributed by atoms with E-state index in [1.54, 1.807) is 0 Å². The fourth-order valence-electron chi connectivity index (χ4n) is 2.09. The van der Waals surface area contributed by atoms with E-state index >= 15 is 0 Å². The number of hydrogen-bond acceptors (Lipinski definition) is 5. The fraction of sp³-hybridized carbons (Fsp3) is 0.294. The number of carboxylic acid groups (broad SMARTS) is 1. The minimum absolute atomic E-state index is 0.0220. The van der Waals surface area contributed by atoms with E-state index < -0.39 is 23.8 Å². The lowest BCUT2D eigenvalue weighted by atomic mass is 10.0. The summed E-state index contributed by atoms with van der Waals surface area (Å²) in [6.45, 7) is 5.09. The van der Waals surface area contributed by atoms with E-state index in [2.05, 4.69) is 15.3 Å². The molecule has 25 heavy (non-hydrogen) atoms. The molecular weight excluding hydrogens is 329 g/mol. The zero-order valence-electron chi connectivity index (χ0n) is 14.0. The van der Waals surface area contributed by atoms with Crippen LogP contribution in [0.25, 0.3) is 0 Å². The van der Waals surface area contributed by atoms with Crippen molar-refractivity contribution in [1.82, 2.24) is 9.97 Å². The van der Waals surface area contributed by atoms with Gasteiger partial charge in [-0.2, -0.15) is 0 Å². The second-order valence-corrected chi connectivity index (χ2v) is 5.67. The first-order chi connectivity index (χ1) is 11.8. The van der Waals surface area contributed by atoms with Gasteiger partial charge in [0.25, 0.3) is 5.91 Å². The van der Waals surface area contributed by atoms with Gasteiger partial charge < -0.3 is 15.2 Å². The van der Waals surface area contributed by atoms with Gasteiger partial charge in [0.2, 0.25) is 0 Å². The number of nitrogens with one attached hydrogen (secondary N) is 1. The Kier molecular flexibility index (Phi) is 5.63. The van der Waals surface area contributed by atoms with Crippen molar-refractivity contribution in [1.29, 1.82) is 0 Å². The highest BCUT2D eigenvalue weighted by molar-refractivity contribution is 6.04. The van der Waals surface area contributed by atoms with Crippen LogP contribution in [-0.4, -0.2) is 33.1 Å². The Morgan fingerprint density at radius 1 is 1.28 bits per heavy atom. The summed E-state index contributed by atoms with van der Waals surface area (Å²) in [6.07, 6.45) is 1.58. The van der Waals surface area contributed by atoms with Crippen molar-refractivity contribution in [2.75, 3.05) is 5.32 Å². The number of halogens is 1. The van der Waals surface area contributed by atoms with Crippen LogP contribution in [0.4, 0.5) is 10.1 Å². The molecule has 0 aliphatic rings. The van der Waals surface area contributed by atoms with Gasteiger partial charge in [0.05, 0.1) is 11.3 Å². The maximum atomic E-state index is 14.0. The zero-order chi connectivity index (χ0) is 18.6. The first kappa shape index (κ1) is 18.3. The summed E-state index contributed by atoms with van der Waals surface area (Å²) in [6, 6.07) is 3.74. The van der Waals surface area contributed by atoms with Crippen LogP contribution in [0.5, 0.6) is 5.75 Å². The normalized spacial score (nSPS) is 11.9. The molecule has 1 aromatic carbocycles. The van der Waals surface area contributed by atoms with Gasteiger partial charge in [0.1, 0.15) is 6.33 Å². The minimum Gasteiger partial charge on any atom is -0.479 e. The maximum Gasteiger partial charge on any atom is 0.344 e. The van der Waals surface area contributed by atoms with Crippen molar-refractivity contribution in [2.24, 2.45) is 0 Å². The first-order valence-electron chi connectivity index (χ1n) is 7.59. The maximum absolute atomic E-state index is 14.0. The van der Waals surface area contributed by atoms with E-state index in [0.717, 1.165) is 6.07 Å². The topological polar surface area (TPSA) is 101 Å². The standard InChI is InChI=1S/C17H18FN3O4/c1-9(2)15-12(7-19-8-20-15)16(22)21-11-4-5-14(13(18)6-11)25-10(3)17(23)24/h4-10H,1-3H3,(H,21,22)(H,23,24). The van der Waals surface area contributed by atoms with E-state index in [4.69, 9.17) is 9.84 Å². The second-order valence-electron chi connectivity index (χ2n) is 5.67. The van der Waals surface area contributed by atoms with Crippen LogP contribution in [0.1, 0.15) is 42.7 Å². The number of aliphatic carboxylic acids is 1. The number of hydrogen-bond donors (Lipinski definition) is 2. The molecule has 0 bridgehead atoms. The number of carbonyl (C=O) groups is 2. The molecule has 1 aromatic heterocycles. The molecule has 1 heterocycles. The molecule has 0 saturated heterocycles. The summed E-state index contributed by atoms with van der Waals surface area (Å²) in [7, 11) is 0. The van der Waals surface area contributed by atoms with Crippen molar-refractivity contribution < 1.29 is 23.8 Å². The predicted octanol–water partition coefficient (Wildman–Crippen LogP) is 2.84. The fourth-order valence-corrected chi connectivity index (χ4v) is 2.09. The molecular formula is C17H18FN3O4. The van der Waals surface area contributed by atoms with Gasteiger partial charge in [0, 0.05) is 18.0 Å². The van der Waals surface area contributed by atoms with Gasteiger partial charge in [-0.25, -0.2) is 19.2 Å². The largest absolute Gasteiger partial charge is 0.479 e. The molecule has 0 spiro atoms. The van der Waals surface area contributed by atoms with Crippen LogP contribution in [0, 0.1) is 5.82 Å². The highest BCUT2D eigenvalue weighted by atomic mass is 19.1. The Balaban J connectivity index is 2.17. The van der Waals surface area contributed by atoms with Crippen molar-refractivity contribution >= 4 is 17.6 Å². The van der Waals surface area contributed by atoms with Crippen LogP contribution in [0.3, 0.4) is 0 Å². The Bertz CT molecular complexity index is 795. The molecule has 0 radical (unpaired) electrons. The summed E-state index contributed by atoms with van der Waals surface area (Å²) in [4.78, 5) is 31.1. The summed E-state index contributed by atoms with van der Waals surface area (Å²) in [5.41, 5.74) is 1.09. The van der Waals surface area contributed by atoms with Crippen molar-refractivity contribution in [2.45, 2.75) is 32.8 Å². The third kappa shape index (κ3) is 4.50. The third-order valence-corrected chi connectivity index (χ3v) is 3.38. The Morgan fingerprint density at radius 2 is 2.00 bits per heavy atom. The van der Waals surface area contributed by atoms with Crippen molar-refractivity contribution in [3.05, 3.63) is 47.8 Å². The molecule has 7 nitrogen and oxygen atoms in total. The molecule has 0 saturated carbocycles. The SMILES string of the molecule is CC(Oc1ccc(NC(=O)c2cncnc2C(C)C)cc1F)C(=O)O. The average molecular weight is 347 g/mol. The number of benzene rings is 1. The lowest BCUT2D eigenvalue weighted by Gasteiger charge is -2.13. The van der Waals surface area contributed by atoms with E-state index in [9.17, 15) is 14.0 Å². The van der Waals surface area contributed by atoms with Crippen molar-refractivity contribution in [3.8, 4) is 5.75 Å². The lowest BCUT2D eigenvalue weighted by Crippen LogP contribution is -2.23. The number of amides is 1. The summed E-state index contributed by atoms with van der Waals surface area (Å²) >= 11 is 0. The van der Waals surface area contributed by atoms with E-state index in [0.29, 0.717) is 11.3 Å². The van der Waals surface area contributed by atoms with Gasteiger partial charge in [-0.15, -0.1) is 0 Å². The molecule has 2 rings (SSSR count). The summed E-state index contributed by atoms with van der Waals surface area (Å²) in [5.74, 6) is -2.63. The van der Waals surface area contributed by atoms with Gasteiger partial charge in [0.15, 0.2) is 17.7 Å². The molecule has 2 N–H and O–H groups in total. The molecule has 0 aliphatic heterocycles. The number of rotatable bonds is 6. The van der Waals surface area contributed by atoms with Gasteiger partial charge in [-0.1, -0.05) is 13.8 Å². The van der Waals surface area contributed by atoms with Crippen LogP contribution >= 0.6 is 0 Å². The van der Waals surface area contributed by atoms with Gasteiger partial charge in [-0.3, -0.25) is 4.79 Å². The highest BCUT2D eigenvalue weighted by Crippen LogP contribution is 2.23. The Labute approximate surface area is 143 Å². The smallest absolute Gasteiger partial charge is 0.344 e. The zero-order valence-corrected chi connectivity index (χ0v) is 14.0. The summed E-state index contributed by atoms with van der Waals surface area (Å²) in [5, 5.41) is 11.4. The molecule has 0 aliphatic carbocycles. The molecule has 2 aromatic rings. The molecule has 1 amide bonds. The molecule has 132 valence electrons. The quantitative estimate of drug-likeness (QED) is 0.833. The number of carboxylic acids is 1. The lowest BCUT2D eigenvalue weighted by molar-refractivity contribution is -0.144. The van der Waals surface area contributed by atoms with Crippen LogP contribution in [0.15, 0.2) is 30.7 Å². The molecule has 0 fully saturated rings.